The van der Waals surface area contributed by atoms with Crippen LogP contribution in [0, 0.1) is 5.82 Å². The van der Waals surface area contributed by atoms with Gasteiger partial charge in [-0.3, -0.25) is 4.79 Å². The Bertz CT molecular complexity index is 438. The Kier molecular flexibility index (Phi) is 5.57. The van der Waals surface area contributed by atoms with Gasteiger partial charge in [0.25, 0.3) is 5.91 Å². The maximum absolute atomic E-state index is 13.0. The zero-order valence-electron chi connectivity index (χ0n) is 11.4. The van der Waals surface area contributed by atoms with Crippen LogP contribution in [0.3, 0.4) is 0 Å². The van der Waals surface area contributed by atoms with Crippen molar-refractivity contribution < 1.29 is 13.9 Å². The lowest BCUT2D eigenvalue weighted by Gasteiger charge is -2.17. The van der Waals surface area contributed by atoms with Gasteiger partial charge in [-0.25, -0.2) is 4.39 Å². The SMILES string of the molecule is CC(Oc1cc(F)ccc1N)C(=O)NCCN(C)C. The molecule has 0 radical (unpaired) electrons. The molecule has 0 aliphatic carbocycles. The van der Waals surface area contributed by atoms with Crippen molar-refractivity contribution in [1.82, 2.24) is 10.2 Å². The van der Waals surface area contributed by atoms with Gasteiger partial charge in [0.05, 0.1) is 5.69 Å². The number of nitrogens with one attached hydrogen (secondary N) is 1. The highest BCUT2D eigenvalue weighted by Crippen LogP contribution is 2.23. The van der Waals surface area contributed by atoms with Crippen LogP contribution in [0.2, 0.25) is 0 Å². The largest absolute Gasteiger partial charge is 0.479 e. The minimum absolute atomic E-state index is 0.176. The van der Waals surface area contributed by atoms with Gasteiger partial charge in [0.1, 0.15) is 11.6 Å². The molecule has 1 unspecified atom stereocenters. The van der Waals surface area contributed by atoms with Gasteiger partial charge in [-0.15, -0.1) is 0 Å². The molecular formula is C13H20FN3O2. The Morgan fingerprint density at radius 1 is 1.53 bits per heavy atom. The molecule has 0 spiro atoms. The normalized spacial score (nSPS) is 12.3. The molecule has 1 aromatic carbocycles. The van der Waals surface area contributed by atoms with Crippen LogP contribution in [0.15, 0.2) is 18.2 Å². The number of carbonyl (C=O) groups excluding carboxylic acids is 1. The molecule has 1 rings (SSSR count). The van der Waals surface area contributed by atoms with Gasteiger partial charge in [0.15, 0.2) is 6.10 Å². The van der Waals surface area contributed by atoms with Crippen LogP contribution in [0.25, 0.3) is 0 Å². The number of hydrogen-bond acceptors (Lipinski definition) is 4. The number of nitrogens with two attached hydrogens (primary N) is 1. The van der Waals surface area contributed by atoms with Crippen LogP contribution >= 0.6 is 0 Å². The third kappa shape index (κ3) is 5.13. The predicted molar refractivity (Wildman–Crippen MR) is 72.5 cm³/mol. The molecule has 1 amide bonds. The number of ether oxygens (including phenoxy) is 1. The van der Waals surface area contributed by atoms with Crippen molar-refractivity contribution in [2.75, 3.05) is 32.9 Å². The molecule has 5 nitrogen and oxygen atoms in total. The van der Waals surface area contributed by atoms with Gasteiger partial charge in [0, 0.05) is 19.2 Å². The Labute approximate surface area is 112 Å². The Morgan fingerprint density at radius 2 is 2.21 bits per heavy atom. The van der Waals surface area contributed by atoms with Gasteiger partial charge in [0.2, 0.25) is 0 Å². The van der Waals surface area contributed by atoms with Gasteiger partial charge >= 0.3 is 0 Å². The van der Waals surface area contributed by atoms with Crippen LogP contribution in [0.5, 0.6) is 5.75 Å². The molecule has 0 saturated heterocycles. The van der Waals surface area contributed by atoms with Crippen molar-refractivity contribution in [1.29, 1.82) is 0 Å². The van der Waals surface area contributed by atoms with Gasteiger partial charge in [-0.1, -0.05) is 0 Å². The molecule has 1 atom stereocenters. The topological polar surface area (TPSA) is 67.6 Å². The lowest BCUT2D eigenvalue weighted by molar-refractivity contribution is -0.127. The molecule has 0 aliphatic rings. The summed E-state index contributed by atoms with van der Waals surface area (Å²) in [4.78, 5) is 13.7. The van der Waals surface area contributed by atoms with E-state index in [2.05, 4.69) is 5.32 Å². The highest BCUT2D eigenvalue weighted by atomic mass is 19.1. The monoisotopic (exact) mass is 269 g/mol. The number of likely N-dealkylation sites (N-methyl/N-ethyl adjacent to an activating group) is 1. The van der Waals surface area contributed by atoms with E-state index in [1.54, 1.807) is 6.92 Å². The fraction of sp³-hybridized carbons (Fsp3) is 0.462. The summed E-state index contributed by atoms with van der Waals surface area (Å²) in [6, 6.07) is 3.81. The molecule has 0 bridgehead atoms. The molecule has 1 aromatic rings. The first-order chi connectivity index (χ1) is 8.90. The Morgan fingerprint density at radius 3 is 2.84 bits per heavy atom. The van der Waals surface area contributed by atoms with Gasteiger partial charge in [-0.05, 0) is 33.2 Å². The summed E-state index contributed by atoms with van der Waals surface area (Å²) < 4.78 is 18.4. The maximum Gasteiger partial charge on any atom is 0.260 e. The molecule has 6 heteroatoms. The number of rotatable bonds is 6. The Hall–Kier alpha value is -1.82. The van der Waals surface area contributed by atoms with E-state index in [1.165, 1.54) is 18.2 Å². The first-order valence-electron chi connectivity index (χ1n) is 6.04. The van der Waals surface area contributed by atoms with E-state index in [1.807, 2.05) is 19.0 Å². The number of nitrogens with zero attached hydrogens (tertiary/aromatic N) is 1. The molecule has 3 N–H and O–H groups in total. The number of carbonyl (C=O) groups is 1. The van der Waals surface area contributed by atoms with E-state index in [4.69, 9.17) is 10.5 Å². The average molecular weight is 269 g/mol. The van der Waals surface area contributed by atoms with Crippen LogP contribution in [0.4, 0.5) is 10.1 Å². The van der Waals surface area contributed by atoms with E-state index < -0.39 is 11.9 Å². The van der Waals surface area contributed by atoms with E-state index in [-0.39, 0.29) is 11.7 Å². The number of halogens is 1. The summed E-state index contributed by atoms with van der Waals surface area (Å²) in [5, 5.41) is 2.73. The van der Waals surface area contributed by atoms with Crippen molar-refractivity contribution in [3.05, 3.63) is 24.0 Å². The number of hydrogen-bond donors (Lipinski definition) is 2. The van der Waals surface area contributed by atoms with Crippen LogP contribution in [-0.4, -0.2) is 44.1 Å². The fourth-order valence-electron chi connectivity index (χ4n) is 1.40. The predicted octanol–water partition coefficient (Wildman–Crippen LogP) is 0.853. The van der Waals surface area contributed by atoms with Crippen LogP contribution in [0.1, 0.15) is 6.92 Å². The number of amides is 1. The summed E-state index contributed by atoms with van der Waals surface area (Å²) in [5.41, 5.74) is 5.95. The Balaban J connectivity index is 2.51. The second-order valence-corrected chi connectivity index (χ2v) is 4.54. The van der Waals surface area contributed by atoms with Crippen LogP contribution < -0.4 is 15.8 Å². The molecule has 0 fully saturated rings. The van der Waals surface area contributed by atoms with Gasteiger partial charge in [-0.2, -0.15) is 0 Å². The lowest BCUT2D eigenvalue weighted by Crippen LogP contribution is -2.39. The summed E-state index contributed by atoms with van der Waals surface area (Å²) in [5.74, 6) is -0.537. The first kappa shape index (κ1) is 15.2. The minimum atomic E-state index is -0.730. The van der Waals surface area contributed by atoms with Crippen molar-refractivity contribution in [3.63, 3.8) is 0 Å². The summed E-state index contributed by atoms with van der Waals surface area (Å²) in [7, 11) is 3.83. The van der Waals surface area contributed by atoms with Crippen molar-refractivity contribution in [2.45, 2.75) is 13.0 Å². The highest BCUT2D eigenvalue weighted by Gasteiger charge is 2.15. The second-order valence-electron chi connectivity index (χ2n) is 4.54. The molecule has 0 aliphatic heterocycles. The number of nitrogen functional groups attached to an aromatic ring is 1. The molecule has 106 valence electrons. The van der Waals surface area contributed by atoms with Crippen molar-refractivity contribution in [2.24, 2.45) is 0 Å². The van der Waals surface area contributed by atoms with Crippen LogP contribution in [-0.2, 0) is 4.79 Å². The summed E-state index contributed by atoms with van der Waals surface area (Å²) >= 11 is 0. The zero-order valence-corrected chi connectivity index (χ0v) is 11.4. The van der Waals surface area contributed by atoms with E-state index in [0.29, 0.717) is 12.2 Å². The van der Waals surface area contributed by atoms with Gasteiger partial charge < -0.3 is 20.7 Å². The number of anilines is 1. The average Bonchev–Trinajstić information content (AvgIpc) is 2.33. The zero-order chi connectivity index (χ0) is 14.4. The standard InChI is InChI=1S/C13H20FN3O2/c1-9(13(18)16-6-7-17(2)3)19-12-8-10(14)4-5-11(12)15/h4-5,8-9H,6-7,15H2,1-3H3,(H,16,18). The molecule has 19 heavy (non-hydrogen) atoms. The van der Waals surface area contributed by atoms with Crippen molar-refractivity contribution in [3.8, 4) is 5.75 Å². The molecule has 0 aromatic heterocycles. The maximum atomic E-state index is 13.0. The first-order valence-corrected chi connectivity index (χ1v) is 6.04. The number of benzene rings is 1. The third-order valence-corrected chi connectivity index (χ3v) is 2.51. The van der Waals surface area contributed by atoms with Crippen molar-refractivity contribution >= 4 is 11.6 Å². The summed E-state index contributed by atoms with van der Waals surface area (Å²) in [6.07, 6.45) is -0.730. The smallest absolute Gasteiger partial charge is 0.260 e. The second kappa shape index (κ2) is 6.94. The summed E-state index contributed by atoms with van der Waals surface area (Å²) in [6.45, 7) is 2.86. The fourth-order valence-corrected chi connectivity index (χ4v) is 1.40. The molecule has 0 saturated carbocycles. The quantitative estimate of drug-likeness (QED) is 0.751. The minimum Gasteiger partial charge on any atom is -0.479 e. The van der Waals surface area contributed by atoms with E-state index in [9.17, 15) is 9.18 Å². The van der Waals surface area contributed by atoms with E-state index in [0.717, 1.165) is 6.54 Å². The van der Waals surface area contributed by atoms with E-state index >= 15 is 0 Å². The highest BCUT2D eigenvalue weighted by molar-refractivity contribution is 5.80. The molecule has 0 heterocycles. The molecular weight excluding hydrogens is 249 g/mol. The lowest BCUT2D eigenvalue weighted by atomic mass is 10.3. The third-order valence-electron chi connectivity index (χ3n) is 2.51.